The zero-order chi connectivity index (χ0) is 15.0. The van der Waals surface area contributed by atoms with Gasteiger partial charge in [0.05, 0.1) is 0 Å². The van der Waals surface area contributed by atoms with Crippen molar-refractivity contribution in [3.05, 3.63) is 0 Å². The van der Waals surface area contributed by atoms with Gasteiger partial charge in [0.2, 0.25) is 0 Å². The van der Waals surface area contributed by atoms with Gasteiger partial charge >= 0.3 is 59.1 Å². The van der Waals surface area contributed by atoms with E-state index in [-0.39, 0.29) is 83.5 Å². The topological polar surface area (TPSA) is 132 Å². The number of carboxylic acid groups (broad SMARTS) is 2. The minimum absolute atomic E-state index is 0. The van der Waals surface area contributed by atoms with E-state index in [4.69, 9.17) is 11.5 Å². The predicted molar refractivity (Wildman–Crippen MR) is 67.4 cm³/mol. The van der Waals surface area contributed by atoms with Crippen LogP contribution in [-0.4, -0.2) is 24.0 Å². The summed E-state index contributed by atoms with van der Waals surface area (Å²) in [4.78, 5) is 21.3. The first-order valence-electron chi connectivity index (χ1n) is 6.75. The Hall–Kier alpha value is 0.860. The number of aliphatic carboxylic acids is 2. The largest absolute Gasteiger partial charge is 1.00 e. The molecule has 0 amide bonds. The number of carbonyl (C=O) groups excluding carboxylic acids is 2. The van der Waals surface area contributed by atoms with E-state index in [1.807, 2.05) is 13.8 Å². The van der Waals surface area contributed by atoms with Gasteiger partial charge in [0, 0.05) is 29.9 Å². The summed E-state index contributed by atoms with van der Waals surface area (Å²) in [5.41, 5.74) is 12.0. The summed E-state index contributed by atoms with van der Waals surface area (Å²) in [5.74, 6) is -3.80. The van der Waals surface area contributed by atoms with Gasteiger partial charge in [-0.05, 0) is 38.0 Å². The van der Waals surface area contributed by atoms with Crippen LogP contribution in [0.15, 0.2) is 0 Å². The zero-order valence-electron chi connectivity index (χ0n) is 13.6. The van der Waals surface area contributed by atoms with Crippen LogP contribution in [0.25, 0.3) is 0 Å². The van der Waals surface area contributed by atoms with Gasteiger partial charge in [-0.2, -0.15) is 0 Å². The molecule has 0 saturated carbocycles. The number of hydrogen-bond donors (Lipinski definition) is 2. The molecule has 21 heavy (non-hydrogen) atoms. The number of hydrogen-bond acceptors (Lipinski definition) is 6. The average Bonchev–Trinajstić information content (AvgIpc) is 2.35. The third-order valence-corrected chi connectivity index (χ3v) is 3.64. The molecule has 0 aliphatic carbocycles. The van der Waals surface area contributed by atoms with E-state index in [9.17, 15) is 19.8 Å². The van der Waals surface area contributed by atoms with Crippen molar-refractivity contribution in [1.82, 2.24) is 0 Å². The summed E-state index contributed by atoms with van der Waals surface area (Å²) >= 11 is 0. The Balaban J connectivity index is -0.00000162. The summed E-state index contributed by atoms with van der Waals surface area (Å²) in [6, 6.07) is -0.222. The summed E-state index contributed by atoms with van der Waals surface area (Å²) in [6.07, 6.45) is 1.64. The molecule has 0 spiro atoms. The van der Waals surface area contributed by atoms with Crippen LogP contribution in [-0.2, 0) is 9.59 Å². The van der Waals surface area contributed by atoms with Crippen LogP contribution in [0.5, 0.6) is 0 Å². The quantitative estimate of drug-likeness (QED) is 0.385. The summed E-state index contributed by atoms with van der Waals surface area (Å²) in [6.45, 7) is 3.88. The van der Waals surface area contributed by atoms with Crippen LogP contribution in [0.1, 0.15) is 46.0 Å². The maximum Gasteiger partial charge on any atom is 1.00 e. The van der Waals surface area contributed by atoms with E-state index in [0.717, 1.165) is 12.8 Å². The normalized spacial score (nSPS) is 15.8. The molecule has 0 aromatic rings. The number of nitrogens with two attached hydrogens (primary N) is 2. The van der Waals surface area contributed by atoms with E-state index < -0.39 is 24.3 Å². The van der Waals surface area contributed by atoms with Crippen LogP contribution in [0.3, 0.4) is 0 Å². The van der Waals surface area contributed by atoms with E-state index >= 15 is 0 Å². The molecule has 112 valence electrons. The monoisotopic (exact) mass is 318 g/mol. The molecule has 3 unspecified atom stereocenters. The first kappa shape index (κ1) is 26.7. The second-order valence-corrected chi connectivity index (χ2v) is 4.98. The van der Waals surface area contributed by atoms with Crippen LogP contribution in [0, 0.1) is 11.8 Å². The first-order valence-corrected chi connectivity index (χ1v) is 6.75. The van der Waals surface area contributed by atoms with E-state index in [0.29, 0.717) is 6.42 Å². The molecule has 0 aliphatic rings. The van der Waals surface area contributed by atoms with Crippen molar-refractivity contribution in [1.29, 1.82) is 0 Å². The summed E-state index contributed by atoms with van der Waals surface area (Å²) in [5, 5.41) is 21.3. The molecular weight excluding hydrogens is 294 g/mol. The molecule has 6 nitrogen and oxygen atoms in total. The Bertz CT molecular complexity index is 296. The van der Waals surface area contributed by atoms with Gasteiger partial charge in [-0.1, -0.05) is 13.8 Å². The molecule has 0 radical (unpaired) electrons. The first-order chi connectivity index (χ1) is 8.83. The fraction of sp³-hybridized carbons (Fsp3) is 0.846. The zero-order valence-corrected chi connectivity index (χ0v) is 17.6. The maximum atomic E-state index is 10.9. The summed E-state index contributed by atoms with van der Waals surface area (Å²) < 4.78 is 0. The standard InChI is InChI=1S/C13H26N2O4.2Na/c1-3-10(14)9(11(15)4-2)6-5-8(13(18)19)7-12(16)17;;/h8-11H,3-7,14-15H2,1-2H3,(H,16,17)(H,18,19);;/q;2*+1/p-2. The summed E-state index contributed by atoms with van der Waals surface area (Å²) in [7, 11) is 0. The van der Waals surface area contributed by atoms with Gasteiger partial charge in [0.25, 0.3) is 0 Å². The molecule has 0 bridgehead atoms. The minimum atomic E-state index is -1.38. The minimum Gasteiger partial charge on any atom is -0.550 e. The average molecular weight is 318 g/mol. The third-order valence-electron chi connectivity index (χ3n) is 3.64. The molecule has 0 aromatic heterocycles. The maximum absolute atomic E-state index is 10.9. The van der Waals surface area contributed by atoms with Gasteiger partial charge in [0.15, 0.2) is 0 Å². The van der Waals surface area contributed by atoms with Crippen molar-refractivity contribution < 1.29 is 78.9 Å². The van der Waals surface area contributed by atoms with E-state index in [1.54, 1.807) is 0 Å². The van der Waals surface area contributed by atoms with Gasteiger partial charge in [-0.25, -0.2) is 0 Å². The number of rotatable bonds is 10. The predicted octanol–water partition coefficient (Wildman–Crippen LogP) is -7.63. The van der Waals surface area contributed by atoms with E-state index in [2.05, 4.69) is 0 Å². The third kappa shape index (κ3) is 11.1. The molecule has 4 N–H and O–H groups in total. The molecule has 0 saturated heterocycles. The van der Waals surface area contributed by atoms with Gasteiger partial charge in [0.1, 0.15) is 0 Å². The van der Waals surface area contributed by atoms with Crippen molar-refractivity contribution in [2.75, 3.05) is 0 Å². The Morgan fingerprint density at radius 3 is 1.67 bits per heavy atom. The fourth-order valence-corrected chi connectivity index (χ4v) is 2.25. The Morgan fingerprint density at radius 2 is 1.38 bits per heavy atom. The molecule has 0 aliphatic heterocycles. The second-order valence-electron chi connectivity index (χ2n) is 4.98. The van der Waals surface area contributed by atoms with Crippen LogP contribution >= 0.6 is 0 Å². The number of carboxylic acids is 2. The van der Waals surface area contributed by atoms with Crippen molar-refractivity contribution in [3.8, 4) is 0 Å². The van der Waals surface area contributed by atoms with Gasteiger partial charge < -0.3 is 31.3 Å². The van der Waals surface area contributed by atoms with Crippen molar-refractivity contribution >= 4 is 11.9 Å². The molecule has 0 heterocycles. The smallest absolute Gasteiger partial charge is 0.550 e. The molecule has 0 fully saturated rings. The number of carbonyl (C=O) groups is 2. The van der Waals surface area contributed by atoms with Crippen molar-refractivity contribution in [3.63, 3.8) is 0 Å². The Labute approximate surface area is 171 Å². The fourth-order valence-electron chi connectivity index (χ4n) is 2.25. The van der Waals surface area contributed by atoms with Gasteiger partial charge in [-0.3, -0.25) is 0 Å². The van der Waals surface area contributed by atoms with E-state index in [1.165, 1.54) is 0 Å². The van der Waals surface area contributed by atoms with Crippen molar-refractivity contribution in [2.24, 2.45) is 23.3 Å². The Kier molecular flexibility index (Phi) is 18.4. The second kappa shape index (κ2) is 14.5. The Morgan fingerprint density at radius 1 is 0.952 bits per heavy atom. The SMILES string of the molecule is CCC(N)C(CCC(CC(=O)[O-])C(=O)[O-])C(N)CC.[Na+].[Na+]. The molecule has 3 atom stereocenters. The van der Waals surface area contributed by atoms with Crippen LogP contribution < -0.4 is 80.8 Å². The van der Waals surface area contributed by atoms with Crippen molar-refractivity contribution in [2.45, 2.75) is 58.0 Å². The molecule has 0 aromatic carbocycles. The van der Waals surface area contributed by atoms with Crippen LogP contribution in [0.4, 0.5) is 0 Å². The molecule has 8 heteroatoms. The van der Waals surface area contributed by atoms with Crippen LogP contribution in [0.2, 0.25) is 0 Å². The molecular formula is C13H24N2Na2O4. The molecule has 0 rings (SSSR count). The van der Waals surface area contributed by atoms with Gasteiger partial charge in [-0.15, -0.1) is 0 Å².